The average Bonchev–Trinajstić information content (AvgIpc) is 2.61. The van der Waals surface area contributed by atoms with Gasteiger partial charge >= 0.3 is 0 Å². The molecule has 132 valence electrons. The smallest absolute Gasteiger partial charge is 0.297 e. The fourth-order valence-electron chi connectivity index (χ4n) is 2.60. The number of ether oxygens (including phenoxy) is 1. The SMILES string of the molecule is Cc1ccc(S(=O)(=O)OC[C@H]2[CH][CH]C[C@H](c3ccncc3N)O2)cc1. The van der Waals surface area contributed by atoms with E-state index < -0.39 is 16.2 Å². The topological polar surface area (TPSA) is 91.5 Å². The minimum absolute atomic E-state index is 0.0891. The summed E-state index contributed by atoms with van der Waals surface area (Å²) in [6, 6.07) is 8.33. The van der Waals surface area contributed by atoms with Gasteiger partial charge in [0.2, 0.25) is 0 Å². The molecule has 6 nitrogen and oxygen atoms in total. The van der Waals surface area contributed by atoms with E-state index in [1.165, 1.54) is 12.1 Å². The molecule has 1 aromatic heterocycles. The van der Waals surface area contributed by atoms with Crippen LogP contribution in [0, 0.1) is 19.8 Å². The van der Waals surface area contributed by atoms with E-state index in [0.29, 0.717) is 12.1 Å². The van der Waals surface area contributed by atoms with Crippen LogP contribution in [0.15, 0.2) is 47.6 Å². The molecule has 2 radical (unpaired) electrons. The van der Waals surface area contributed by atoms with E-state index in [9.17, 15) is 8.42 Å². The summed E-state index contributed by atoms with van der Waals surface area (Å²) in [6.45, 7) is 1.80. The normalized spacial score (nSPS) is 21.2. The molecule has 0 amide bonds. The van der Waals surface area contributed by atoms with Crippen LogP contribution in [0.2, 0.25) is 0 Å². The molecule has 1 fully saturated rings. The van der Waals surface area contributed by atoms with Crippen LogP contribution in [0.4, 0.5) is 5.69 Å². The van der Waals surface area contributed by atoms with E-state index in [4.69, 9.17) is 14.7 Å². The Hall–Kier alpha value is -1.96. The summed E-state index contributed by atoms with van der Waals surface area (Å²) < 4.78 is 35.6. The van der Waals surface area contributed by atoms with Crippen molar-refractivity contribution in [3.8, 4) is 0 Å². The van der Waals surface area contributed by atoms with Crippen molar-refractivity contribution >= 4 is 15.8 Å². The number of anilines is 1. The Bertz CT molecular complexity index is 821. The van der Waals surface area contributed by atoms with E-state index in [2.05, 4.69) is 4.98 Å². The van der Waals surface area contributed by atoms with Crippen molar-refractivity contribution in [3.63, 3.8) is 0 Å². The minimum Gasteiger partial charge on any atom is -0.397 e. The van der Waals surface area contributed by atoms with Gasteiger partial charge in [-0.25, -0.2) is 0 Å². The van der Waals surface area contributed by atoms with Gasteiger partial charge in [-0.3, -0.25) is 9.17 Å². The second kappa shape index (κ2) is 7.51. The van der Waals surface area contributed by atoms with Crippen molar-refractivity contribution in [1.82, 2.24) is 4.98 Å². The number of benzene rings is 1. The molecule has 3 rings (SSSR count). The Morgan fingerprint density at radius 1 is 1.28 bits per heavy atom. The van der Waals surface area contributed by atoms with Crippen molar-refractivity contribution in [2.24, 2.45) is 0 Å². The molecule has 1 aliphatic heterocycles. The molecule has 25 heavy (non-hydrogen) atoms. The van der Waals surface area contributed by atoms with Crippen molar-refractivity contribution < 1.29 is 17.3 Å². The molecule has 1 aromatic carbocycles. The molecule has 7 heteroatoms. The molecular formula is C18H20N2O4S. The summed E-state index contributed by atoms with van der Waals surface area (Å²) >= 11 is 0. The van der Waals surface area contributed by atoms with Gasteiger partial charge in [0.1, 0.15) is 0 Å². The molecule has 0 saturated carbocycles. The zero-order valence-corrected chi connectivity index (χ0v) is 14.6. The maximum absolute atomic E-state index is 12.3. The summed E-state index contributed by atoms with van der Waals surface area (Å²) in [6.07, 6.45) is 6.93. The lowest BCUT2D eigenvalue weighted by Gasteiger charge is -2.30. The number of aryl methyl sites for hydroxylation is 1. The standard InChI is InChI=1S/C18H20N2O4S/c1-13-5-7-15(8-6-13)25(21,22)23-12-14-3-2-4-18(24-14)16-9-10-20-11-17(16)19/h2-3,5-11,14,18H,4,12,19H2,1H3/t14-,18-/m1/s1. The second-order valence-corrected chi connectivity index (χ2v) is 7.50. The Morgan fingerprint density at radius 3 is 2.76 bits per heavy atom. The predicted octanol–water partition coefficient (Wildman–Crippen LogP) is 2.62. The highest BCUT2D eigenvalue weighted by Gasteiger charge is 2.27. The van der Waals surface area contributed by atoms with Crippen LogP contribution in [-0.4, -0.2) is 26.1 Å². The molecule has 2 aromatic rings. The van der Waals surface area contributed by atoms with Gasteiger partial charge in [-0.05, 0) is 44.4 Å². The molecule has 2 N–H and O–H groups in total. The monoisotopic (exact) mass is 360 g/mol. The molecule has 0 unspecified atom stereocenters. The second-order valence-electron chi connectivity index (χ2n) is 5.88. The van der Waals surface area contributed by atoms with Crippen LogP contribution in [0.5, 0.6) is 0 Å². The summed E-state index contributed by atoms with van der Waals surface area (Å²) in [5.41, 5.74) is 8.31. The quantitative estimate of drug-likeness (QED) is 0.824. The van der Waals surface area contributed by atoms with Crippen LogP contribution in [0.1, 0.15) is 23.7 Å². The first-order valence-corrected chi connectivity index (χ1v) is 9.34. The van der Waals surface area contributed by atoms with Crippen LogP contribution in [0.3, 0.4) is 0 Å². The molecule has 1 saturated heterocycles. The minimum atomic E-state index is -3.82. The number of nitrogen functional groups attached to an aromatic ring is 1. The predicted molar refractivity (Wildman–Crippen MR) is 93.8 cm³/mol. The molecule has 0 bridgehead atoms. The Kier molecular flexibility index (Phi) is 5.36. The van der Waals surface area contributed by atoms with Crippen molar-refractivity contribution in [2.45, 2.75) is 30.4 Å². The van der Waals surface area contributed by atoms with Crippen molar-refractivity contribution in [3.05, 3.63) is 66.7 Å². The number of hydrogen-bond donors (Lipinski definition) is 1. The number of nitrogens with zero attached hydrogens (tertiary/aromatic N) is 1. The first kappa shape index (κ1) is 17.8. The molecule has 0 spiro atoms. The zero-order valence-electron chi connectivity index (χ0n) is 13.8. The summed E-state index contributed by atoms with van der Waals surface area (Å²) in [4.78, 5) is 4.10. The Morgan fingerprint density at radius 2 is 2.04 bits per heavy atom. The fraction of sp³-hybridized carbons (Fsp3) is 0.278. The van der Waals surface area contributed by atoms with Crippen LogP contribution in [-0.2, 0) is 19.0 Å². The summed E-state index contributed by atoms with van der Waals surface area (Å²) in [7, 11) is -3.82. The molecule has 1 aliphatic rings. The highest BCUT2D eigenvalue weighted by Crippen LogP contribution is 2.33. The van der Waals surface area contributed by atoms with E-state index in [1.54, 1.807) is 37.0 Å². The third kappa shape index (κ3) is 4.36. The Balaban J connectivity index is 1.63. The molecule has 0 aliphatic carbocycles. The van der Waals surface area contributed by atoms with E-state index in [-0.39, 0.29) is 17.6 Å². The molecular weight excluding hydrogens is 340 g/mol. The van der Waals surface area contributed by atoms with Crippen LogP contribution in [0.25, 0.3) is 0 Å². The van der Waals surface area contributed by atoms with E-state index >= 15 is 0 Å². The first-order valence-electron chi connectivity index (χ1n) is 7.93. The first-order chi connectivity index (χ1) is 12.0. The number of aromatic nitrogens is 1. The lowest BCUT2D eigenvalue weighted by atomic mass is 9.98. The lowest BCUT2D eigenvalue weighted by Crippen LogP contribution is -2.29. The lowest BCUT2D eigenvalue weighted by molar-refractivity contribution is -0.0300. The highest BCUT2D eigenvalue weighted by atomic mass is 32.2. The van der Waals surface area contributed by atoms with Gasteiger partial charge in [0.25, 0.3) is 10.1 Å². The van der Waals surface area contributed by atoms with Crippen LogP contribution >= 0.6 is 0 Å². The van der Waals surface area contributed by atoms with Gasteiger partial charge in [-0.15, -0.1) is 0 Å². The zero-order chi connectivity index (χ0) is 17.9. The van der Waals surface area contributed by atoms with Crippen molar-refractivity contribution in [1.29, 1.82) is 0 Å². The number of rotatable bonds is 5. The maximum Gasteiger partial charge on any atom is 0.297 e. The van der Waals surface area contributed by atoms with Gasteiger partial charge in [0.05, 0.1) is 35.6 Å². The van der Waals surface area contributed by atoms with Gasteiger partial charge in [0.15, 0.2) is 0 Å². The van der Waals surface area contributed by atoms with E-state index in [0.717, 1.165) is 11.1 Å². The largest absolute Gasteiger partial charge is 0.397 e. The summed E-state index contributed by atoms with van der Waals surface area (Å²) in [5, 5.41) is 0. The van der Waals surface area contributed by atoms with Crippen LogP contribution < -0.4 is 5.73 Å². The van der Waals surface area contributed by atoms with Gasteiger partial charge in [0, 0.05) is 11.8 Å². The van der Waals surface area contributed by atoms with Gasteiger partial charge < -0.3 is 10.5 Å². The molecule has 2 atom stereocenters. The summed E-state index contributed by atoms with van der Waals surface area (Å²) in [5.74, 6) is 0. The Labute approximate surface area is 148 Å². The third-order valence-electron chi connectivity index (χ3n) is 3.97. The number of pyridine rings is 1. The fourth-order valence-corrected chi connectivity index (χ4v) is 3.52. The average molecular weight is 360 g/mol. The third-order valence-corrected chi connectivity index (χ3v) is 5.27. The number of nitrogens with two attached hydrogens (primary N) is 1. The van der Waals surface area contributed by atoms with Crippen molar-refractivity contribution in [2.75, 3.05) is 12.3 Å². The van der Waals surface area contributed by atoms with Gasteiger partial charge in [-0.2, -0.15) is 8.42 Å². The van der Waals surface area contributed by atoms with E-state index in [1.807, 2.05) is 13.3 Å². The highest BCUT2D eigenvalue weighted by molar-refractivity contribution is 7.86. The maximum atomic E-state index is 12.3. The molecule has 2 heterocycles. The van der Waals surface area contributed by atoms with Gasteiger partial charge in [-0.1, -0.05) is 17.7 Å². The number of hydrogen-bond acceptors (Lipinski definition) is 6.